The second kappa shape index (κ2) is 7.19. The van der Waals surface area contributed by atoms with Gasteiger partial charge in [0.1, 0.15) is 6.04 Å². The standard InChI is InChI=1S/C18H22ClN3O4S2/c1-18-7-6-16(23)22(18)15(12-27-18)17(24)20-8-10-21(11-9-20)28(25,26)14-4-2-13(19)3-5-14/h2-5,15H,6-12H2,1H3/t15-,18-/m0/s1. The van der Waals surface area contributed by atoms with E-state index in [2.05, 4.69) is 0 Å². The van der Waals surface area contributed by atoms with Crippen LogP contribution < -0.4 is 0 Å². The van der Waals surface area contributed by atoms with Crippen LogP contribution in [0.25, 0.3) is 0 Å². The van der Waals surface area contributed by atoms with Crippen molar-refractivity contribution in [3.05, 3.63) is 29.3 Å². The number of rotatable bonds is 3. The first-order valence-electron chi connectivity index (χ1n) is 9.23. The molecule has 0 N–H and O–H groups in total. The van der Waals surface area contributed by atoms with Gasteiger partial charge in [-0.05, 0) is 37.6 Å². The van der Waals surface area contributed by atoms with E-state index in [-0.39, 0.29) is 34.7 Å². The first-order chi connectivity index (χ1) is 13.2. The van der Waals surface area contributed by atoms with Crippen LogP contribution in [0.15, 0.2) is 29.2 Å². The van der Waals surface area contributed by atoms with E-state index in [0.29, 0.717) is 30.3 Å². The SMILES string of the molecule is C[C@]12CCC(=O)N1[C@H](C(=O)N1CCN(S(=O)(=O)c3ccc(Cl)cc3)CC1)CS2. The van der Waals surface area contributed by atoms with Crippen molar-refractivity contribution in [2.24, 2.45) is 0 Å². The molecule has 0 saturated carbocycles. The number of carbonyl (C=O) groups excluding carboxylic acids is 2. The number of carbonyl (C=O) groups is 2. The Kier molecular flexibility index (Phi) is 5.14. The molecule has 0 aromatic heterocycles. The van der Waals surface area contributed by atoms with Gasteiger partial charge in [-0.2, -0.15) is 4.31 Å². The van der Waals surface area contributed by atoms with E-state index >= 15 is 0 Å². The van der Waals surface area contributed by atoms with Crippen LogP contribution in [-0.2, 0) is 19.6 Å². The molecular weight excluding hydrogens is 422 g/mol. The highest BCUT2D eigenvalue weighted by Gasteiger charge is 2.53. The van der Waals surface area contributed by atoms with Crippen LogP contribution in [0.3, 0.4) is 0 Å². The highest BCUT2D eigenvalue weighted by atomic mass is 35.5. The van der Waals surface area contributed by atoms with Gasteiger partial charge < -0.3 is 9.80 Å². The zero-order valence-corrected chi connectivity index (χ0v) is 17.9. The first kappa shape index (κ1) is 20.0. The molecular formula is C18H22ClN3O4S2. The van der Waals surface area contributed by atoms with E-state index in [1.165, 1.54) is 16.4 Å². The van der Waals surface area contributed by atoms with Crippen molar-refractivity contribution in [1.29, 1.82) is 0 Å². The minimum absolute atomic E-state index is 0.0369. The van der Waals surface area contributed by atoms with Crippen LogP contribution in [0.1, 0.15) is 19.8 Å². The van der Waals surface area contributed by atoms with Crippen LogP contribution >= 0.6 is 23.4 Å². The Morgan fingerprint density at radius 1 is 1.18 bits per heavy atom. The van der Waals surface area contributed by atoms with Crippen LogP contribution in [-0.4, -0.2) is 77.2 Å². The quantitative estimate of drug-likeness (QED) is 0.709. The predicted molar refractivity (Wildman–Crippen MR) is 108 cm³/mol. The summed E-state index contributed by atoms with van der Waals surface area (Å²) in [7, 11) is -3.61. The summed E-state index contributed by atoms with van der Waals surface area (Å²) in [5.74, 6) is 0.564. The Labute approximate surface area is 174 Å². The highest BCUT2D eigenvalue weighted by molar-refractivity contribution is 8.01. The Hall–Kier alpha value is -1.29. The molecule has 7 nitrogen and oxygen atoms in total. The number of hydrogen-bond acceptors (Lipinski definition) is 5. The Bertz CT molecular complexity index is 900. The molecule has 1 aromatic rings. The monoisotopic (exact) mass is 443 g/mol. The maximum Gasteiger partial charge on any atom is 0.246 e. The van der Waals surface area contributed by atoms with Gasteiger partial charge in [-0.3, -0.25) is 9.59 Å². The highest BCUT2D eigenvalue weighted by Crippen LogP contribution is 2.47. The summed E-state index contributed by atoms with van der Waals surface area (Å²) < 4.78 is 27.0. The molecule has 3 saturated heterocycles. The maximum absolute atomic E-state index is 13.0. The Balaban J connectivity index is 1.42. The summed E-state index contributed by atoms with van der Waals surface area (Å²) in [6.07, 6.45) is 1.26. The second-order valence-electron chi connectivity index (χ2n) is 7.45. The molecule has 3 aliphatic rings. The third-order valence-corrected chi connectivity index (χ3v) is 9.40. The van der Waals surface area contributed by atoms with E-state index in [1.54, 1.807) is 33.7 Å². The number of piperazine rings is 1. The smallest absolute Gasteiger partial charge is 0.246 e. The van der Waals surface area contributed by atoms with Crippen molar-refractivity contribution in [3.8, 4) is 0 Å². The number of benzene rings is 1. The molecule has 1 aromatic carbocycles. The minimum atomic E-state index is -3.61. The molecule has 28 heavy (non-hydrogen) atoms. The number of amides is 2. The zero-order chi connectivity index (χ0) is 20.1. The molecule has 0 spiro atoms. The van der Waals surface area contributed by atoms with E-state index in [0.717, 1.165) is 6.42 Å². The maximum atomic E-state index is 13.0. The largest absolute Gasteiger partial charge is 0.338 e. The van der Waals surface area contributed by atoms with Crippen molar-refractivity contribution < 1.29 is 18.0 Å². The van der Waals surface area contributed by atoms with Crippen LogP contribution in [0.2, 0.25) is 5.02 Å². The van der Waals surface area contributed by atoms with Gasteiger partial charge in [-0.25, -0.2) is 8.42 Å². The second-order valence-corrected chi connectivity index (χ2v) is 11.3. The van der Waals surface area contributed by atoms with Gasteiger partial charge in [0.15, 0.2) is 0 Å². The number of hydrogen-bond donors (Lipinski definition) is 0. The molecule has 4 rings (SSSR count). The summed E-state index contributed by atoms with van der Waals surface area (Å²) in [5, 5.41) is 0.479. The molecule has 2 amide bonds. The van der Waals surface area contributed by atoms with E-state index < -0.39 is 16.1 Å². The molecule has 3 aliphatic heterocycles. The average Bonchev–Trinajstić information content (AvgIpc) is 3.17. The molecule has 0 bridgehead atoms. The van der Waals surface area contributed by atoms with E-state index in [4.69, 9.17) is 11.6 Å². The van der Waals surface area contributed by atoms with Crippen molar-refractivity contribution in [3.63, 3.8) is 0 Å². The van der Waals surface area contributed by atoms with Gasteiger partial charge in [0.2, 0.25) is 21.8 Å². The fourth-order valence-electron chi connectivity index (χ4n) is 4.12. The van der Waals surface area contributed by atoms with Crippen molar-refractivity contribution in [2.75, 3.05) is 31.9 Å². The first-order valence-corrected chi connectivity index (χ1v) is 12.0. The molecule has 0 unspecified atom stereocenters. The predicted octanol–water partition coefficient (Wildman–Crippen LogP) is 1.63. The summed E-state index contributed by atoms with van der Waals surface area (Å²) in [4.78, 5) is 28.7. The molecule has 3 heterocycles. The zero-order valence-electron chi connectivity index (χ0n) is 15.5. The number of nitrogens with zero attached hydrogens (tertiary/aromatic N) is 3. The number of thioether (sulfide) groups is 1. The number of sulfonamides is 1. The third kappa shape index (κ3) is 3.32. The summed E-state index contributed by atoms with van der Waals surface area (Å²) in [6, 6.07) is 5.64. The lowest BCUT2D eigenvalue weighted by atomic mass is 10.2. The van der Waals surface area contributed by atoms with Crippen molar-refractivity contribution in [2.45, 2.75) is 35.6 Å². The van der Waals surface area contributed by atoms with Gasteiger partial charge in [-0.1, -0.05) is 11.6 Å². The Morgan fingerprint density at radius 3 is 2.46 bits per heavy atom. The van der Waals surface area contributed by atoms with Crippen LogP contribution in [0.5, 0.6) is 0 Å². The summed E-state index contributed by atoms with van der Waals surface area (Å²) in [6.45, 7) is 3.15. The summed E-state index contributed by atoms with van der Waals surface area (Å²) >= 11 is 7.50. The minimum Gasteiger partial charge on any atom is -0.338 e. The normalized spacial score (nSPS) is 28.6. The Morgan fingerprint density at radius 2 is 1.82 bits per heavy atom. The van der Waals surface area contributed by atoms with E-state index in [9.17, 15) is 18.0 Å². The molecule has 2 atom stereocenters. The topological polar surface area (TPSA) is 78.0 Å². The van der Waals surface area contributed by atoms with Gasteiger partial charge in [-0.15, -0.1) is 11.8 Å². The molecule has 10 heteroatoms. The summed E-state index contributed by atoms with van der Waals surface area (Å²) in [5.41, 5.74) is 0. The fourth-order valence-corrected chi connectivity index (χ4v) is 7.09. The molecule has 0 aliphatic carbocycles. The van der Waals surface area contributed by atoms with Gasteiger partial charge in [0, 0.05) is 43.4 Å². The third-order valence-electron chi connectivity index (χ3n) is 5.73. The lowest BCUT2D eigenvalue weighted by Crippen LogP contribution is -2.56. The lowest BCUT2D eigenvalue weighted by molar-refractivity contribution is -0.144. The van der Waals surface area contributed by atoms with Gasteiger partial charge in [0.25, 0.3) is 0 Å². The van der Waals surface area contributed by atoms with Crippen molar-refractivity contribution >= 4 is 45.2 Å². The van der Waals surface area contributed by atoms with Gasteiger partial charge >= 0.3 is 0 Å². The van der Waals surface area contributed by atoms with Crippen LogP contribution in [0.4, 0.5) is 0 Å². The number of halogens is 1. The lowest BCUT2D eigenvalue weighted by Gasteiger charge is -2.37. The fraction of sp³-hybridized carbons (Fsp3) is 0.556. The van der Waals surface area contributed by atoms with Crippen LogP contribution in [0, 0.1) is 0 Å². The van der Waals surface area contributed by atoms with Crippen molar-refractivity contribution in [1.82, 2.24) is 14.1 Å². The average molecular weight is 444 g/mol. The molecule has 152 valence electrons. The molecule has 0 radical (unpaired) electrons. The number of fused-ring (bicyclic) bond motifs is 1. The van der Waals surface area contributed by atoms with E-state index in [1.807, 2.05) is 6.92 Å². The van der Waals surface area contributed by atoms with Gasteiger partial charge in [0.05, 0.1) is 9.77 Å². The molecule has 3 fully saturated rings.